The molecule has 24 heavy (non-hydrogen) atoms. The molecule has 0 bridgehead atoms. The SMILES string of the molecule is O=C(NCCCC1CCCCC1O)c1c[nH]c(=O)c2ccccc12. The highest BCUT2D eigenvalue weighted by molar-refractivity contribution is 6.06. The first-order chi connectivity index (χ1) is 11.7. The first-order valence-electron chi connectivity index (χ1n) is 8.73. The molecule has 1 fully saturated rings. The zero-order valence-electron chi connectivity index (χ0n) is 13.8. The van der Waals surface area contributed by atoms with E-state index in [2.05, 4.69) is 10.3 Å². The second kappa shape index (κ2) is 7.62. The van der Waals surface area contributed by atoms with Crippen LogP contribution in [0.2, 0.25) is 0 Å². The molecule has 0 spiro atoms. The lowest BCUT2D eigenvalue weighted by atomic mass is 9.83. The van der Waals surface area contributed by atoms with E-state index in [9.17, 15) is 14.7 Å². The van der Waals surface area contributed by atoms with Crippen molar-refractivity contribution >= 4 is 16.7 Å². The standard InChI is InChI=1S/C19H24N2O3/c22-17-10-4-1-6-13(17)7-5-11-20-19(24)16-12-21-18(23)15-9-3-2-8-14(15)16/h2-3,8-9,12-13,17,22H,1,4-7,10-11H2,(H,20,24)(H,21,23). The van der Waals surface area contributed by atoms with Crippen molar-refractivity contribution in [2.75, 3.05) is 6.54 Å². The number of carbonyl (C=O) groups is 1. The van der Waals surface area contributed by atoms with Gasteiger partial charge in [0, 0.05) is 23.5 Å². The van der Waals surface area contributed by atoms with Crippen LogP contribution < -0.4 is 10.9 Å². The molecule has 2 atom stereocenters. The number of H-pyrrole nitrogens is 1. The van der Waals surface area contributed by atoms with Crippen molar-refractivity contribution in [1.29, 1.82) is 0 Å². The molecule has 2 aromatic rings. The van der Waals surface area contributed by atoms with Crippen LogP contribution in [0.1, 0.15) is 48.9 Å². The van der Waals surface area contributed by atoms with Gasteiger partial charge < -0.3 is 15.4 Å². The molecule has 3 N–H and O–H groups in total. The number of fused-ring (bicyclic) bond motifs is 1. The molecule has 1 saturated carbocycles. The highest BCUT2D eigenvalue weighted by Gasteiger charge is 2.22. The van der Waals surface area contributed by atoms with Crippen molar-refractivity contribution in [3.05, 3.63) is 46.4 Å². The van der Waals surface area contributed by atoms with Crippen LogP contribution >= 0.6 is 0 Å². The maximum Gasteiger partial charge on any atom is 0.255 e. The Morgan fingerprint density at radius 3 is 2.75 bits per heavy atom. The monoisotopic (exact) mass is 328 g/mol. The fraction of sp³-hybridized carbons (Fsp3) is 0.474. The average molecular weight is 328 g/mol. The van der Waals surface area contributed by atoms with Crippen LogP contribution in [0.4, 0.5) is 0 Å². The normalized spacial score (nSPS) is 20.9. The average Bonchev–Trinajstić information content (AvgIpc) is 2.60. The number of amides is 1. The Labute approximate surface area is 141 Å². The third-order valence-electron chi connectivity index (χ3n) is 4.96. The number of nitrogens with one attached hydrogen (secondary N) is 2. The number of hydrogen-bond acceptors (Lipinski definition) is 3. The quantitative estimate of drug-likeness (QED) is 0.738. The van der Waals surface area contributed by atoms with Gasteiger partial charge in [-0.1, -0.05) is 31.0 Å². The van der Waals surface area contributed by atoms with Crippen LogP contribution in [-0.4, -0.2) is 28.6 Å². The summed E-state index contributed by atoms with van der Waals surface area (Å²) in [6.45, 7) is 0.579. The third-order valence-corrected chi connectivity index (χ3v) is 4.96. The minimum atomic E-state index is -0.187. The molecule has 0 radical (unpaired) electrons. The summed E-state index contributed by atoms with van der Waals surface area (Å²) in [5.41, 5.74) is 0.302. The lowest BCUT2D eigenvalue weighted by Gasteiger charge is -2.27. The Kier molecular flexibility index (Phi) is 5.30. The van der Waals surface area contributed by atoms with Gasteiger partial charge in [0.05, 0.1) is 11.7 Å². The number of aliphatic hydroxyl groups excluding tert-OH is 1. The molecule has 5 heteroatoms. The Hall–Kier alpha value is -2.14. The third kappa shape index (κ3) is 3.67. The highest BCUT2D eigenvalue weighted by atomic mass is 16.3. The van der Waals surface area contributed by atoms with Gasteiger partial charge in [0.1, 0.15) is 0 Å². The largest absolute Gasteiger partial charge is 0.393 e. The zero-order valence-corrected chi connectivity index (χ0v) is 13.8. The maximum absolute atomic E-state index is 12.4. The smallest absolute Gasteiger partial charge is 0.255 e. The molecule has 128 valence electrons. The molecule has 1 aromatic heterocycles. The summed E-state index contributed by atoms with van der Waals surface area (Å²) in [7, 11) is 0. The number of aromatic nitrogens is 1. The molecule has 0 saturated heterocycles. The van der Waals surface area contributed by atoms with Gasteiger partial charge in [-0.15, -0.1) is 0 Å². The maximum atomic E-state index is 12.4. The molecule has 1 aliphatic rings. The van der Waals surface area contributed by atoms with Gasteiger partial charge in [-0.3, -0.25) is 9.59 Å². The minimum Gasteiger partial charge on any atom is -0.393 e. The van der Waals surface area contributed by atoms with E-state index in [4.69, 9.17) is 0 Å². The fourth-order valence-electron chi connectivity index (χ4n) is 3.58. The van der Waals surface area contributed by atoms with E-state index in [1.807, 2.05) is 6.07 Å². The predicted octanol–water partition coefficient (Wildman–Crippen LogP) is 2.59. The highest BCUT2D eigenvalue weighted by Crippen LogP contribution is 2.27. The van der Waals surface area contributed by atoms with Crippen molar-refractivity contribution in [2.24, 2.45) is 5.92 Å². The molecule has 5 nitrogen and oxygen atoms in total. The molecular weight excluding hydrogens is 304 g/mol. The molecule has 3 rings (SSSR count). The lowest BCUT2D eigenvalue weighted by Crippen LogP contribution is -2.28. The van der Waals surface area contributed by atoms with Gasteiger partial charge in [-0.2, -0.15) is 0 Å². The van der Waals surface area contributed by atoms with Gasteiger partial charge in [0.15, 0.2) is 0 Å². The number of rotatable bonds is 5. The van der Waals surface area contributed by atoms with Crippen LogP contribution in [0, 0.1) is 5.92 Å². The van der Waals surface area contributed by atoms with Gasteiger partial charge in [0.25, 0.3) is 11.5 Å². The summed E-state index contributed by atoms with van der Waals surface area (Å²) < 4.78 is 0. The van der Waals surface area contributed by atoms with Crippen LogP contribution in [-0.2, 0) is 0 Å². The second-order valence-corrected chi connectivity index (χ2v) is 6.59. The molecule has 0 aliphatic heterocycles. The van der Waals surface area contributed by atoms with E-state index < -0.39 is 0 Å². The Morgan fingerprint density at radius 1 is 1.21 bits per heavy atom. The number of carbonyl (C=O) groups excluding carboxylic acids is 1. The fourth-order valence-corrected chi connectivity index (χ4v) is 3.58. The Bertz CT molecular complexity index is 769. The molecule has 1 aromatic carbocycles. The van der Waals surface area contributed by atoms with Crippen molar-refractivity contribution in [3.63, 3.8) is 0 Å². The van der Waals surface area contributed by atoms with E-state index >= 15 is 0 Å². The topological polar surface area (TPSA) is 82.2 Å². The summed E-state index contributed by atoms with van der Waals surface area (Å²) in [5.74, 6) is 0.191. The van der Waals surface area contributed by atoms with E-state index in [1.54, 1.807) is 18.2 Å². The first kappa shape index (κ1) is 16.7. The molecule has 1 amide bonds. The van der Waals surface area contributed by atoms with Crippen molar-refractivity contribution in [1.82, 2.24) is 10.3 Å². The van der Waals surface area contributed by atoms with Gasteiger partial charge >= 0.3 is 0 Å². The molecular formula is C19H24N2O3. The number of benzene rings is 1. The summed E-state index contributed by atoms with van der Waals surface area (Å²) >= 11 is 0. The predicted molar refractivity (Wildman–Crippen MR) is 94.1 cm³/mol. The summed E-state index contributed by atoms with van der Waals surface area (Å²) in [5, 5.41) is 14.1. The number of pyridine rings is 1. The van der Waals surface area contributed by atoms with E-state index in [0.717, 1.165) is 32.1 Å². The van der Waals surface area contributed by atoms with Crippen molar-refractivity contribution < 1.29 is 9.90 Å². The molecule has 2 unspecified atom stereocenters. The summed E-state index contributed by atoms with van der Waals surface area (Å²) in [6, 6.07) is 7.12. The number of hydrogen-bond donors (Lipinski definition) is 3. The van der Waals surface area contributed by atoms with Gasteiger partial charge in [-0.05, 0) is 37.7 Å². The lowest BCUT2D eigenvalue weighted by molar-refractivity contribution is 0.0641. The summed E-state index contributed by atoms with van der Waals surface area (Å²) in [4.78, 5) is 26.8. The number of aliphatic hydroxyl groups is 1. The van der Waals surface area contributed by atoms with Crippen LogP contribution in [0.25, 0.3) is 10.8 Å². The van der Waals surface area contributed by atoms with Gasteiger partial charge in [-0.25, -0.2) is 0 Å². The Morgan fingerprint density at radius 2 is 1.96 bits per heavy atom. The summed E-state index contributed by atoms with van der Waals surface area (Å²) in [6.07, 6.45) is 7.39. The first-order valence-corrected chi connectivity index (χ1v) is 8.73. The van der Waals surface area contributed by atoms with Crippen LogP contribution in [0.3, 0.4) is 0 Å². The number of aromatic amines is 1. The zero-order chi connectivity index (χ0) is 16.9. The minimum absolute atomic E-state index is 0.174. The van der Waals surface area contributed by atoms with Crippen LogP contribution in [0.5, 0.6) is 0 Å². The van der Waals surface area contributed by atoms with E-state index in [0.29, 0.717) is 28.8 Å². The van der Waals surface area contributed by atoms with Gasteiger partial charge in [0.2, 0.25) is 0 Å². The molecule has 1 heterocycles. The second-order valence-electron chi connectivity index (χ2n) is 6.59. The van der Waals surface area contributed by atoms with Crippen LogP contribution in [0.15, 0.2) is 35.3 Å². The van der Waals surface area contributed by atoms with Crippen molar-refractivity contribution in [3.8, 4) is 0 Å². The van der Waals surface area contributed by atoms with Crippen molar-refractivity contribution in [2.45, 2.75) is 44.6 Å². The molecule has 1 aliphatic carbocycles. The van der Waals surface area contributed by atoms with E-state index in [1.165, 1.54) is 12.6 Å². The Balaban J connectivity index is 1.58. The van der Waals surface area contributed by atoms with E-state index in [-0.39, 0.29) is 17.6 Å².